The van der Waals surface area contributed by atoms with Crippen LogP contribution in [0.3, 0.4) is 0 Å². The molecule has 1 aliphatic rings. The van der Waals surface area contributed by atoms with Crippen molar-refractivity contribution in [3.8, 4) is 0 Å². The van der Waals surface area contributed by atoms with Crippen LogP contribution in [0.5, 0.6) is 0 Å². The molecule has 0 saturated heterocycles. The van der Waals surface area contributed by atoms with Crippen LogP contribution in [0.4, 0.5) is 5.69 Å². The van der Waals surface area contributed by atoms with E-state index < -0.39 is 0 Å². The Balaban J connectivity index is 2.03. The van der Waals surface area contributed by atoms with Gasteiger partial charge in [-0.3, -0.25) is 10.1 Å². The monoisotopic (exact) mass is 296 g/mol. The van der Waals surface area contributed by atoms with Crippen molar-refractivity contribution < 1.29 is 4.92 Å². The minimum Gasteiger partial charge on any atom is -0.310 e. The standard InChI is InChI=1S/C15H21ClN2O2/c1-10-4-3-5-15(11(10)2)17-9-12-8-13(18(19)20)6-7-14(12)16/h6-8,10-11,15,17H,3-5,9H2,1-2H3. The Morgan fingerprint density at radius 1 is 1.40 bits per heavy atom. The van der Waals surface area contributed by atoms with Crippen molar-refractivity contribution in [3.63, 3.8) is 0 Å². The molecule has 0 aromatic heterocycles. The van der Waals surface area contributed by atoms with Crippen molar-refractivity contribution in [2.24, 2.45) is 11.8 Å². The van der Waals surface area contributed by atoms with E-state index in [1.54, 1.807) is 12.1 Å². The fourth-order valence-electron chi connectivity index (χ4n) is 2.92. The topological polar surface area (TPSA) is 55.2 Å². The maximum absolute atomic E-state index is 10.8. The summed E-state index contributed by atoms with van der Waals surface area (Å²) in [5.74, 6) is 1.35. The van der Waals surface area contributed by atoms with Gasteiger partial charge in [-0.1, -0.05) is 38.3 Å². The Hall–Kier alpha value is -1.13. The lowest BCUT2D eigenvalue weighted by Gasteiger charge is -2.34. The smallest absolute Gasteiger partial charge is 0.269 e. The molecule has 0 heterocycles. The van der Waals surface area contributed by atoms with Crippen LogP contribution >= 0.6 is 11.6 Å². The zero-order valence-corrected chi connectivity index (χ0v) is 12.7. The third-order valence-corrected chi connectivity index (χ3v) is 4.87. The molecule has 3 unspecified atom stereocenters. The minimum absolute atomic E-state index is 0.0938. The minimum atomic E-state index is -0.384. The SMILES string of the molecule is CC1CCCC(NCc2cc([N+](=O)[O-])ccc2Cl)C1C. The number of hydrogen-bond acceptors (Lipinski definition) is 3. The summed E-state index contributed by atoms with van der Waals surface area (Å²) in [6, 6.07) is 5.07. The van der Waals surface area contributed by atoms with E-state index in [1.807, 2.05) is 0 Å². The highest BCUT2D eigenvalue weighted by Crippen LogP contribution is 2.30. The highest BCUT2D eigenvalue weighted by Gasteiger charge is 2.26. The van der Waals surface area contributed by atoms with Crippen LogP contribution < -0.4 is 5.32 Å². The second kappa shape index (κ2) is 6.55. The highest BCUT2D eigenvalue weighted by molar-refractivity contribution is 6.31. The summed E-state index contributed by atoms with van der Waals surface area (Å²) in [5.41, 5.74) is 0.891. The van der Waals surface area contributed by atoms with Gasteiger partial charge >= 0.3 is 0 Å². The quantitative estimate of drug-likeness (QED) is 0.670. The van der Waals surface area contributed by atoms with Gasteiger partial charge in [-0.05, 0) is 29.9 Å². The summed E-state index contributed by atoms with van der Waals surface area (Å²) in [7, 11) is 0. The van der Waals surface area contributed by atoms with Gasteiger partial charge in [0.05, 0.1) is 4.92 Å². The van der Waals surface area contributed by atoms with Gasteiger partial charge in [0.2, 0.25) is 0 Å². The summed E-state index contributed by atoms with van der Waals surface area (Å²) in [6.45, 7) is 5.15. The molecule has 0 radical (unpaired) electrons. The van der Waals surface area contributed by atoms with Crippen LogP contribution in [0.25, 0.3) is 0 Å². The third kappa shape index (κ3) is 3.49. The molecule has 110 valence electrons. The summed E-state index contributed by atoms with van der Waals surface area (Å²) in [6.07, 6.45) is 3.70. The predicted octanol–water partition coefficient (Wildman–Crippen LogP) is 4.16. The fraction of sp³-hybridized carbons (Fsp3) is 0.600. The van der Waals surface area contributed by atoms with E-state index in [0.29, 0.717) is 23.5 Å². The molecule has 0 amide bonds. The molecule has 1 fully saturated rings. The van der Waals surface area contributed by atoms with Gasteiger partial charge in [0, 0.05) is 29.7 Å². The third-order valence-electron chi connectivity index (χ3n) is 4.50. The number of nitrogens with one attached hydrogen (secondary N) is 1. The van der Waals surface area contributed by atoms with Gasteiger partial charge in [-0.2, -0.15) is 0 Å². The number of benzene rings is 1. The van der Waals surface area contributed by atoms with Crippen molar-refractivity contribution >= 4 is 17.3 Å². The van der Waals surface area contributed by atoms with Gasteiger partial charge < -0.3 is 5.32 Å². The molecule has 0 spiro atoms. The molecule has 4 nitrogen and oxygen atoms in total. The Kier molecular flexibility index (Phi) is 5.00. The Morgan fingerprint density at radius 3 is 2.85 bits per heavy atom. The number of hydrogen-bond donors (Lipinski definition) is 1. The van der Waals surface area contributed by atoms with E-state index in [1.165, 1.54) is 18.9 Å². The lowest BCUT2D eigenvalue weighted by Crippen LogP contribution is -2.40. The van der Waals surface area contributed by atoms with Crippen molar-refractivity contribution in [2.45, 2.75) is 45.7 Å². The van der Waals surface area contributed by atoms with Crippen LogP contribution in [-0.2, 0) is 6.54 Å². The molecule has 1 aromatic carbocycles. The summed E-state index contributed by atoms with van der Waals surface area (Å²) in [4.78, 5) is 10.4. The van der Waals surface area contributed by atoms with E-state index in [0.717, 1.165) is 17.9 Å². The number of nitro benzene ring substituents is 1. The van der Waals surface area contributed by atoms with Crippen molar-refractivity contribution in [1.29, 1.82) is 0 Å². The van der Waals surface area contributed by atoms with E-state index in [-0.39, 0.29) is 10.6 Å². The first-order valence-corrected chi connectivity index (χ1v) is 7.53. The van der Waals surface area contributed by atoms with Crippen molar-refractivity contribution in [2.75, 3.05) is 0 Å². The highest BCUT2D eigenvalue weighted by atomic mass is 35.5. The Morgan fingerprint density at radius 2 is 2.15 bits per heavy atom. The molecule has 1 aromatic rings. The maximum atomic E-state index is 10.8. The van der Waals surface area contributed by atoms with Gasteiger partial charge in [-0.15, -0.1) is 0 Å². The zero-order valence-electron chi connectivity index (χ0n) is 11.9. The normalized spacial score (nSPS) is 26.4. The van der Waals surface area contributed by atoms with E-state index in [4.69, 9.17) is 11.6 Å². The number of rotatable bonds is 4. The molecule has 1 aliphatic carbocycles. The van der Waals surface area contributed by atoms with Crippen molar-refractivity contribution in [1.82, 2.24) is 5.32 Å². The second-order valence-electron chi connectivity index (χ2n) is 5.79. The molecule has 0 aliphatic heterocycles. The lowest BCUT2D eigenvalue weighted by molar-refractivity contribution is -0.384. The summed E-state index contributed by atoms with van der Waals surface area (Å²) < 4.78 is 0. The first kappa shape index (κ1) is 15.3. The number of halogens is 1. The van der Waals surface area contributed by atoms with E-state index in [9.17, 15) is 10.1 Å². The number of non-ortho nitro benzene ring substituents is 1. The van der Waals surface area contributed by atoms with Crippen LogP contribution in [0.1, 0.15) is 38.7 Å². The average molecular weight is 297 g/mol. The molecular formula is C15H21ClN2O2. The van der Waals surface area contributed by atoms with Gasteiger partial charge in [0.1, 0.15) is 0 Å². The molecule has 2 rings (SSSR count). The van der Waals surface area contributed by atoms with Crippen molar-refractivity contribution in [3.05, 3.63) is 38.9 Å². The molecule has 1 N–H and O–H groups in total. The summed E-state index contributed by atoms with van der Waals surface area (Å²) in [5, 5.41) is 14.9. The van der Waals surface area contributed by atoms with Gasteiger partial charge in [-0.25, -0.2) is 0 Å². The lowest BCUT2D eigenvalue weighted by atomic mass is 9.78. The van der Waals surface area contributed by atoms with Crippen LogP contribution in [-0.4, -0.2) is 11.0 Å². The first-order chi connectivity index (χ1) is 9.49. The van der Waals surface area contributed by atoms with Crippen LogP contribution in [0.15, 0.2) is 18.2 Å². The number of nitrogens with zero attached hydrogens (tertiary/aromatic N) is 1. The average Bonchev–Trinajstić information content (AvgIpc) is 2.41. The van der Waals surface area contributed by atoms with Crippen LogP contribution in [0, 0.1) is 22.0 Å². The second-order valence-corrected chi connectivity index (χ2v) is 6.19. The number of nitro groups is 1. The molecule has 1 saturated carbocycles. The summed E-state index contributed by atoms with van der Waals surface area (Å²) >= 11 is 6.12. The van der Waals surface area contributed by atoms with Gasteiger partial charge in [0.15, 0.2) is 0 Å². The predicted molar refractivity (Wildman–Crippen MR) is 80.9 cm³/mol. The molecular weight excluding hydrogens is 276 g/mol. The Bertz CT molecular complexity index is 493. The van der Waals surface area contributed by atoms with Crippen LogP contribution in [0.2, 0.25) is 5.02 Å². The molecule has 0 bridgehead atoms. The maximum Gasteiger partial charge on any atom is 0.269 e. The van der Waals surface area contributed by atoms with E-state index in [2.05, 4.69) is 19.2 Å². The first-order valence-electron chi connectivity index (χ1n) is 7.15. The molecule has 3 atom stereocenters. The molecule has 5 heteroatoms. The Labute approximate surface area is 124 Å². The van der Waals surface area contributed by atoms with E-state index >= 15 is 0 Å². The van der Waals surface area contributed by atoms with Gasteiger partial charge in [0.25, 0.3) is 5.69 Å². The fourth-order valence-corrected chi connectivity index (χ4v) is 3.11. The zero-order chi connectivity index (χ0) is 14.7. The largest absolute Gasteiger partial charge is 0.310 e. The molecule has 20 heavy (non-hydrogen) atoms.